The Kier molecular flexibility index (Phi) is 4.16. The Balaban J connectivity index is 0.00000225. The van der Waals surface area contributed by atoms with Gasteiger partial charge in [-0.25, -0.2) is 4.90 Å². The van der Waals surface area contributed by atoms with Crippen LogP contribution in [0, 0.1) is 22.0 Å². The second kappa shape index (κ2) is 5.76. The molecular formula is C18H19F3N2O5. The zero-order valence-corrected chi connectivity index (χ0v) is 14.4. The Hall–Kier alpha value is -2.49. The number of nitro groups is 1. The van der Waals surface area contributed by atoms with Gasteiger partial charge in [0, 0.05) is 6.07 Å². The number of carbonyl (C=O) groups excluding carboxylic acids is 2. The van der Waals surface area contributed by atoms with E-state index in [4.69, 9.17) is 4.74 Å². The summed E-state index contributed by atoms with van der Waals surface area (Å²) in [6.45, 7) is 3.46. The Morgan fingerprint density at radius 2 is 1.64 bits per heavy atom. The van der Waals surface area contributed by atoms with E-state index in [-0.39, 0.29) is 13.1 Å². The number of halogens is 3. The maximum absolute atomic E-state index is 13.2. The Morgan fingerprint density at radius 3 is 2.07 bits per heavy atom. The number of amides is 2. The normalized spacial score (nSPS) is 33.8. The highest BCUT2D eigenvalue weighted by atomic mass is 19.4. The van der Waals surface area contributed by atoms with E-state index in [0.717, 1.165) is 11.0 Å². The Bertz CT molecular complexity index is 868. The molecule has 2 bridgehead atoms. The first-order valence-electron chi connectivity index (χ1n) is 8.33. The molecule has 1 aromatic rings. The van der Waals surface area contributed by atoms with Crippen LogP contribution in [0.2, 0.25) is 0 Å². The summed E-state index contributed by atoms with van der Waals surface area (Å²) in [7, 11) is 0. The number of carbonyl (C=O) groups is 2. The van der Waals surface area contributed by atoms with E-state index in [0.29, 0.717) is 25.0 Å². The van der Waals surface area contributed by atoms with Gasteiger partial charge in [0.05, 0.1) is 33.6 Å². The van der Waals surface area contributed by atoms with Crippen LogP contribution in [-0.4, -0.2) is 27.9 Å². The van der Waals surface area contributed by atoms with Gasteiger partial charge in [0.15, 0.2) is 0 Å². The maximum atomic E-state index is 13.2. The van der Waals surface area contributed by atoms with Crippen LogP contribution < -0.4 is 4.90 Å². The molecule has 4 atom stereocenters. The molecule has 2 amide bonds. The molecule has 0 aliphatic carbocycles. The minimum Gasteiger partial charge on any atom is -0.367 e. The highest BCUT2D eigenvalue weighted by Crippen LogP contribution is 2.61. The summed E-state index contributed by atoms with van der Waals surface area (Å²) in [5.41, 5.74) is -4.63. The number of alkyl halides is 3. The smallest absolute Gasteiger partial charge is 0.367 e. The van der Waals surface area contributed by atoms with Crippen molar-refractivity contribution in [3.63, 3.8) is 0 Å². The topological polar surface area (TPSA) is 89.8 Å². The number of imide groups is 1. The number of nitro benzene ring substituents is 1. The number of hydrogen-bond donors (Lipinski definition) is 0. The molecule has 10 heteroatoms. The van der Waals surface area contributed by atoms with E-state index in [2.05, 4.69) is 0 Å². The van der Waals surface area contributed by atoms with Crippen molar-refractivity contribution in [2.45, 2.75) is 51.5 Å². The van der Waals surface area contributed by atoms with Gasteiger partial charge in [0.2, 0.25) is 11.8 Å². The van der Waals surface area contributed by atoms with Crippen molar-refractivity contribution in [2.24, 2.45) is 11.8 Å². The molecular weight excluding hydrogens is 381 g/mol. The highest BCUT2D eigenvalue weighted by Gasteiger charge is 2.72. The average molecular weight is 400 g/mol. The fraction of sp³-hybridized carbons (Fsp3) is 0.556. The predicted molar refractivity (Wildman–Crippen MR) is 91.4 cm³/mol. The fourth-order valence-electron chi connectivity index (χ4n) is 4.77. The minimum absolute atomic E-state index is 0. The largest absolute Gasteiger partial charge is 0.423 e. The summed E-state index contributed by atoms with van der Waals surface area (Å²) in [6.07, 6.45) is -3.85. The SMILES string of the molecule is C.CC12CCC(C)(O1)[C@H]1C(=O)N(c3ccc([N+](=O)[O-])c(C(F)(F)F)c3)C(=O)C12. The van der Waals surface area contributed by atoms with Crippen LogP contribution in [0.3, 0.4) is 0 Å². The first kappa shape index (κ1) is 20.2. The van der Waals surface area contributed by atoms with Crippen LogP contribution in [0.5, 0.6) is 0 Å². The third kappa shape index (κ3) is 2.47. The van der Waals surface area contributed by atoms with E-state index in [1.807, 2.05) is 0 Å². The molecule has 3 heterocycles. The summed E-state index contributed by atoms with van der Waals surface area (Å²) >= 11 is 0. The number of hydrogen-bond acceptors (Lipinski definition) is 5. The van der Waals surface area contributed by atoms with Gasteiger partial charge in [-0.2, -0.15) is 13.2 Å². The Morgan fingerprint density at radius 1 is 1.14 bits per heavy atom. The van der Waals surface area contributed by atoms with Crippen molar-refractivity contribution in [3.8, 4) is 0 Å². The van der Waals surface area contributed by atoms with Gasteiger partial charge in [-0.05, 0) is 38.8 Å². The summed E-state index contributed by atoms with van der Waals surface area (Å²) in [4.78, 5) is 36.3. The van der Waals surface area contributed by atoms with Crippen LogP contribution in [0.1, 0.15) is 39.7 Å². The Labute approximate surface area is 158 Å². The molecule has 0 N–H and O–H groups in total. The molecule has 3 saturated heterocycles. The van der Waals surface area contributed by atoms with Crippen molar-refractivity contribution < 1.29 is 32.4 Å². The number of ether oxygens (including phenoxy) is 1. The van der Waals surface area contributed by atoms with Crippen molar-refractivity contribution in [1.82, 2.24) is 0 Å². The van der Waals surface area contributed by atoms with Crippen LogP contribution in [0.15, 0.2) is 18.2 Å². The fourth-order valence-corrected chi connectivity index (χ4v) is 4.77. The van der Waals surface area contributed by atoms with Crippen molar-refractivity contribution in [1.29, 1.82) is 0 Å². The van der Waals surface area contributed by atoms with E-state index in [9.17, 15) is 32.9 Å². The van der Waals surface area contributed by atoms with Crippen LogP contribution >= 0.6 is 0 Å². The standard InChI is InChI=1S/C17H15F3N2O5.CH4/c1-15-5-6-16(2,27-15)12-11(15)13(23)21(14(12)24)8-3-4-10(22(25)26)9(7-8)17(18,19)20;/h3-4,7,11-12H,5-6H2,1-2H3;1H4/t11-,12?,15?,16?;/m1./s1. The lowest BCUT2D eigenvalue weighted by Crippen LogP contribution is -2.40. The molecule has 28 heavy (non-hydrogen) atoms. The lowest BCUT2D eigenvalue weighted by molar-refractivity contribution is -0.388. The zero-order valence-electron chi connectivity index (χ0n) is 14.4. The summed E-state index contributed by atoms with van der Waals surface area (Å²) in [5, 5.41) is 10.9. The average Bonchev–Trinajstić information content (AvgIpc) is 3.10. The first-order chi connectivity index (χ1) is 12.4. The number of benzene rings is 1. The highest BCUT2D eigenvalue weighted by molar-refractivity contribution is 6.23. The van der Waals surface area contributed by atoms with E-state index < -0.39 is 57.2 Å². The molecule has 0 saturated carbocycles. The lowest BCUT2D eigenvalue weighted by atomic mass is 9.69. The maximum Gasteiger partial charge on any atom is 0.423 e. The van der Waals surface area contributed by atoms with Gasteiger partial charge >= 0.3 is 6.18 Å². The van der Waals surface area contributed by atoms with Gasteiger partial charge < -0.3 is 4.74 Å². The van der Waals surface area contributed by atoms with Crippen LogP contribution in [0.4, 0.5) is 24.5 Å². The summed E-state index contributed by atoms with van der Waals surface area (Å²) < 4.78 is 45.7. The molecule has 0 spiro atoms. The molecule has 1 aromatic carbocycles. The number of anilines is 1. The van der Waals surface area contributed by atoms with Gasteiger partial charge in [0.25, 0.3) is 5.69 Å². The molecule has 3 fully saturated rings. The van der Waals surface area contributed by atoms with E-state index in [1.54, 1.807) is 13.8 Å². The monoisotopic (exact) mass is 400 g/mol. The second-order valence-corrected chi connectivity index (χ2v) is 7.65. The van der Waals surface area contributed by atoms with Crippen LogP contribution in [0.25, 0.3) is 0 Å². The number of rotatable bonds is 2. The number of fused-ring (bicyclic) bond motifs is 5. The second-order valence-electron chi connectivity index (χ2n) is 7.65. The summed E-state index contributed by atoms with van der Waals surface area (Å²) in [5.74, 6) is -2.79. The van der Waals surface area contributed by atoms with Crippen LogP contribution in [-0.2, 0) is 20.5 Å². The van der Waals surface area contributed by atoms with Gasteiger partial charge in [-0.15, -0.1) is 0 Å². The molecule has 7 nitrogen and oxygen atoms in total. The number of nitrogens with zero attached hydrogens (tertiary/aromatic N) is 2. The lowest BCUT2D eigenvalue weighted by Gasteiger charge is -2.27. The third-order valence-electron chi connectivity index (χ3n) is 5.95. The van der Waals surface area contributed by atoms with Crippen molar-refractivity contribution in [3.05, 3.63) is 33.9 Å². The molecule has 0 aromatic heterocycles. The quantitative estimate of drug-likeness (QED) is 0.429. The first-order valence-corrected chi connectivity index (χ1v) is 8.33. The molecule has 3 unspecified atom stereocenters. The zero-order chi connectivity index (χ0) is 19.9. The molecule has 152 valence electrons. The molecule has 3 aliphatic heterocycles. The van der Waals surface area contributed by atoms with Gasteiger partial charge in [0.1, 0.15) is 5.56 Å². The molecule has 0 radical (unpaired) electrons. The van der Waals surface area contributed by atoms with Gasteiger partial charge in [-0.3, -0.25) is 19.7 Å². The van der Waals surface area contributed by atoms with E-state index in [1.165, 1.54) is 0 Å². The molecule has 3 aliphatic rings. The van der Waals surface area contributed by atoms with Crippen molar-refractivity contribution in [2.75, 3.05) is 4.90 Å². The summed E-state index contributed by atoms with van der Waals surface area (Å²) in [6, 6.07) is 2.15. The van der Waals surface area contributed by atoms with Gasteiger partial charge in [-0.1, -0.05) is 7.43 Å². The minimum atomic E-state index is -5.00. The predicted octanol–water partition coefficient (Wildman–Crippen LogP) is 3.70. The van der Waals surface area contributed by atoms with E-state index >= 15 is 0 Å². The van der Waals surface area contributed by atoms with Crippen molar-refractivity contribution >= 4 is 23.2 Å². The third-order valence-corrected chi connectivity index (χ3v) is 5.95. The molecule has 4 rings (SSSR count).